The van der Waals surface area contributed by atoms with Gasteiger partial charge in [0.25, 0.3) is 0 Å². The third-order valence-corrected chi connectivity index (χ3v) is 3.13. The van der Waals surface area contributed by atoms with Crippen LogP contribution in [0.4, 0.5) is 0 Å². The van der Waals surface area contributed by atoms with Gasteiger partial charge in [-0.25, -0.2) is 0 Å². The molecule has 1 atom stereocenters. The fourth-order valence-corrected chi connectivity index (χ4v) is 2.27. The van der Waals surface area contributed by atoms with Crippen molar-refractivity contribution in [2.45, 2.75) is 11.7 Å². The van der Waals surface area contributed by atoms with Crippen molar-refractivity contribution in [3.8, 4) is 0 Å². The molecule has 0 amide bonds. The van der Waals surface area contributed by atoms with Gasteiger partial charge < -0.3 is 4.90 Å². The lowest BCUT2D eigenvalue weighted by Gasteiger charge is -2.24. The molecule has 0 aliphatic carbocycles. The van der Waals surface area contributed by atoms with Crippen LogP contribution in [-0.4, -0.2) is 32.9 Å². The van der Waals surface area contributed by atoms with Crippen molar-refractivity contribution in [1.82, 2.24) is 4.90 Å². The van der Waals surface area contributed by atoms with Crippen LogP contribution in [0.2, 0.25) is 0 Å². The average Bonchev–Trinajstić information content (AvgIpc) is 2.49. The van der Waals surface area contributed by atoms with Gasteiger partial charge in [0.2, 0.25) is 0 Å². The highest BCUT2D eigenvalue weighted by Gasteiger charge is 2.32. The summed E-state index contributed by atoms with van der Waals surface area (Å²) in [7, 11) is 4.57. The van der Waals surface area contributed by atoms with Crippen molar-refractivity contribution in [3.63, 3.8) is 0 Å². The number of likely N-dealkylation sites (N-methyl/N-ethyl adjacent to an activating group) is 1. The van der Waals surface area contributed by atoms with Gasteiger partial charge in [-0.15, -0.1) is 0 Å². The summed E-state index contributed by atoms with van der Waals surface area (Å²) in [6, 6.07) is 10.9. The van der Waals surface area contributed by atoms with E-state index in [1.807, 2.05) is 0 Å². The molecule has 2 rings (SSSR count). The molecule has 1 aromatic rings. The molecule has 1 aliphatic rings. The topological polar surface area (TPSA) is 3.24 Å². The molecule has 1 nitrogen and oxygen atoms in total. The van der Waals surface area contributed by atoms with Gasteiger partial charge in [0, 0.05) is 6.54 Å². The third kappa shape index (κ3) is 1.64. The Morgan fingerprint density at radius 1 is 1.31 bits per heavy atom. The van der Waals surface area contributed by atoms with Gasteiger partial charge in [0.05, 0.1) is 0 Å². The minimum atomic E-state index is 0.385. The van der Waals surface area contributed by atoms with Crippen LogP contribution in [0, 0.1) is 0 Å². The van der Waals surface area contributed by atoms with Gasteiger partial charge >= 0.3 is 0 Å². The van der Waals surface area contributed by atoms with E-state index in [0.717, 1.165) is 0 Å². The van der Waals surface area contributed by atoms with Gasteiger partial charge in [-0.1, -0.05) is 30.3 Å². The van der Waals surface area contributed by atoms with Crippen molar-refractivity contribution in [2.24, 2.45) is 0 Å². The van der Waals surface area contributed by atoms with E-state index in [0.29, 0.717) is 5.31 Å². The molecular formula is C11H16BN. The first-order valence-corrected chi connectivity index (χ1v) is 4.95. The van der Waals surface area contributed by atoms with Crippen LogP contribution in [0.3, 0.4) is 0 Å². The maximum atomic E-state index is 2.41. The summed E-state index contributed by atoms with van der Waals surface area (Å²) in [5.41, 5.74) is 1.49. The average molecular weight is 173 g/mol. The Balaban J connectivity index is 2.26. The third-order valence-electron chi connectivity index (χ3n) is 3.13. The fourth-order valence-electron chi connectivity index (χ4n) is 2.27. The number of nitrogens with zero attached hydrogens (tertiary/aromatic N) is 1. The minimum absolute atomic E-state index is 0.385. The molecule has 1 fully saturated rings. The van der Waals surface area contributed by atoms with Crippen LogP contribution in [0.25, 0.3) is 0 Å². The van der Waals surface area contributed by atoms with E-state index in [1.165, 1.54) is 25.1 Å². The molecule has 1 aromatic carbocycles. The zero-order valence-electron chi connectivity index (χ0n) is 8.46. The molecule has 0 spiro atoms. The second kappa shape index (κ2) is 3.19. The maximum absolute atomic E-state index is 2.41. The maximum Gasteiger partial charge on any atom is 0.116 e. The van der Waals surface area contributed by atoms with Gasteiger partial charge in [0.15, 0.2) is 0 Å². The predicted octanol–water partition coefficient (Wildman–Crippen LogP) is 0.851. The Morgan fingerprint density at radius 3 is 2.54 bits per heavy atom. The normalized spacial score (nSPS) is 29.3. The van der Waals surface area contributed by atoms with E-state index in [9.17, 15) is 0 Å². The Kier molecular flexibility index (Phi) is 2.16. The van der Waals surface area contributed by atoms with Crippen molar-refractivity contribution in [3.05, 3.63) is 35.9 Å². The quantitative estimate of drug-likeness (QED) is 0.569. The van der Waals surface area contributed by atoms with Crippen LogP contribution in [0.5, 0.6) is 0 Å². The molecule has 1 aliphatic heterocycles. The first kappa shape index (κ1) is 8.83. The van der Waals surface area contributed by atoms with Crippen LogP contribution in [0.1, 0.15) is 12.0 Å². The SMILES string of the molecule is BC1(c2ccccc2)CCN(C)C1. The Bertz CT molecular complexity index is 285. The van der Waals surface area contributed by atoms with Gasteiger partial charge in [-0.05, 0) is 30.9 Å². The standard InChI is InChI=1S/C11H16BN/c1-13-8-7-11(12,9-13)10-5-3-2-4-6-10/h2-6H,7-9,12H2,1H3. The zero-order chi connectivity index (χ0) is 9.31. The first-order valence-electron chi connectivity index (χ1n) is 4.95. The fraction of sp³-hybridized carbons (Fsp3) is 0.455. The molecule has 0 radical (unpaired) electrons. The van der Waals surface area contributed by atoms with Crippen molar-refractivity contribution in [1.29, 1.82) is 0 Å². The van der Waals surface area contributed by atoms with Crippen LogP contribution in [-0.2, 0) is 5.31 Å². The van der Waals surface area contributed by atoms with Gasteiger partial charge in [-0.3, -0.25) is 0 Å². The van der Waals surface area contributed by atoms with Crippen molar-refractivity contribution < 1.29 is 0 Å². The van der Waals surface area contributed by atoms with E-state index in [1.54, 1.807) is 0 Å². The van der Waals surface area contributed by atoms with Crippen LogP contribution in [0.15, 0.2) is 30.3 Å². The number of hydrogen-bond donors (Lipinski definition) is 0. The molecule has 0 N–H and O–H groups in total. The molecular weight excluding hydrogens is 157 g/mol. The molecule has 13 heavy (non-hydrogen) atoms. The monoisotopic (exact) mass is 173 g/mol. The molecule has 1 saturated heterocycles. The summed E-state index contributed by atoms with van der Waals surface area (Å²) in [5, 5.41) is 0.385. The van der Waals surface area contributed by atoms with E-state index < -0.39 is 0 Å². The molecule has 0 saturated carbocycles. The van der Waals surface area contributed by atoms with Crippen LogP contribution < -0.4 is 0 Å². The summed E-state index contributed by atoms with van der Waals surface area (Å²) in [6.07, 6.45) is 1.29. The lowest BCUT2D eigenvalue weighted by molar-refractivity contribution is 0.404. The lowest BCUT2D eigenvalue weighted by atomic mass is 9.63. The first-order chi connectivity index (χ1) is 6.21. The largest absolute Gasteiger partial charge is 0.306 e. The molecule has 0 aromatic heterocycles. The van der Waals surface area contributed by atoms with E-state index in [2.05, 4.69) is 50.1 Å². The van der Waals surface area contributed by atoms with E-state index in [4.69, 9.17) is 0 Å². The minimum Gasteiger partial charge on any atom is -0.306 e. The smallest absolute Gasteiger partial charge is 0.116 e. The highest BCUT2D eigenvalue weighted by atomic mass is 15.1. The highest BCUT2D eigenvalue weighted by Crippen LogP contribution is 2.30. The predicted molar refractivity (Wildman–Crippen MR) is 58.8 cm³/mol. The van der Waals surface area contributed by atoms with Crippen molar-refractivity contribution in [2.75, 3.05) is 20.1 Å². The summed E-state index contributed by atoms with van der Waals surface area (Å²) >= 11 is 0. The number of likely N-dealkylation sites (tertiary alicyclic amines) is 1. The summed E-state index contributed by atoms with van der Waals surface area (Å²) in [4.78, 5) is 2.41. The van der Waals surface area contributed by atoms with E-state index >= 15 is 0 Å². The molecule has 2 heteroatoms. The zero-order valence-corrected chi connectivity index (χ0v) is 8.46. The second-order valence-corrected chi connectivity index (χ2v) is 4.41. The Morgan fingerprint density at radius 2 is 2.00 bits per heavy atom. The second-order valence-electron chi connectivity index (χ2n) is 4.41. The summed E-state index contributed by atoms with van der Waals surface area (Å²) in [6.45, 7) is 2.42. The van der Waals surface area contributed by atoms with Crippen molar-refractivity contribution >= 4 is 7.85 Å². The highest BCUT2D eigenvalue weighted by molar-refractivity contribution is 6.16. The molecule has 68 valence electrons. The number of benzene rings is 1. The molecule has 1 unspecified atom stereocenters. The van der Waals surface area contributed by atoms with Gasteiger partial charge in [-0.2, -0.15) is 0 Å². The van der Waals surface area contributed by atoms with Crippen LogP contribution >= 0.6 is 0 Å². The Labute approximate surface area is 81.2 Å². The summed E-state index contributed by atoms with van der Waals surface area (Å²) < 4.78 is 0. The summed E-state index contributed by atoms with van der Waals surface area (Å²) in [5.74, 6) is 0. The lowest BCUT2D eigenvalue weighted by Crippen LogP contribution is -2.29. The molecule has 0 bridgehead atoms. The van der Waals surface area contributed by atoms with E-state index in [-0.39, 0.29) is 0 Å². The number of hydrogen-bond acceptors (Lipinski definition) is 1. The van der Waals surface area contributed by atoms with Gasteiger partial charge in [0.1, 0.15) is 7.85 Å². The number of rotatable bonds is 1. The Hall–Kier alpha value is -0.755. The molecule has 1 heterocycles.